The first-order chi connectivity index (χ1) is 10.0. The molecule has 0 bridgehead atoms. The first-order valence-corrected chi connectivity index (χ1v) is 8.65. The summed E-state index contributed by atoms with van der Waals surface area (Å²) in [7, 11) is 0. The van der Waals surface area contributed by atoms with Crippen molar-refractivity contribution in [2.75, 3.05) is 11.9 Å². The second-order valence-corrected chi connectivity index (χ2v) is 6.85. The van der Waals surface area contributed by atoms with E-state index in [4.69, 9.17) is 27.9 Å². The number of halogens is 4. The van der Waals surface area contributed by atoms with Gasteiger partial charge in [-0.25, -0.2) is 0 Å². The Balaban J connectivity index is 2.20. The van der Waals surface area contributed by atoms with E-state index in [0.717, 1.165) is 25.9 Å². The molecule has 2 nitrogen and oxygen atoms in total. The van der Waals surface area contributed by atoms with E-state index in [2.05, 4.69) is 37.2 Å². The summed E-state index contributed by atoms with van der Waals surface area (Å²) in [5.41, 5.74) is 1.91. The number of hydrogen-bond acceptors (Lipinski definition) is 2. The summed E-state index contributed by atoms with van der Waals surface area (Å²) in [5.74, 6) is 0.755. The highest BCUT2D eigenvalue weighted by Gasteiger charge is 2.10. The zero-order chi connectivity index (χ0) is 15.4. The second kappa shape index (κ2) is 7.73. The minimum absolute atomic E-state index is 0.582. The van der Waals surface area contributed by atoms with E-state index < -0.39 is 0 Å². The lowest BCUT2D eigenvalue weighted by Gasteiger charge is -2.15. The molecule has 6 heteroatoms. The molecule has 112 valence electrons. The van der Waals surface area contributed by atoms with E-state index in [1.807, 2.05) is 37.3 Å². The fourth-order valence-electron chi connectivity index (χ4n) is 1.83. The summed E-state index contributed by atoms with van der Waals surface area (Å²) < 4.78 is 7.36. The second-order valence-electron chi connectivity index (χ2n) is 4.30. The van der Waals surface area contributed by atoms with Crippen molar-refractivity contribution >= 4 is 60.7 Å². The average molecular weight is 454 g/mol. The van der Waals surface area contributed by atoms with Crippen molar-refractivity contribution in [3.05, 3.63) is 54.9 Å². The van der Waals surface area contributed by atoms with Crippen LogP contribution >= 0.6 is 55.1 Å². The summed E-state index contributed by atoms with van der Waals surface area (Å²) in [5, 5.41) is 4.66. The zero-order valence-electron chi connectivity index (χ0n) is 11.2. The van der Waals surface area contributed by atoms with Crippen LogP contribution in [0, 0.1) is 0 Å². The molecule has 0 heterocycles. The molecular formula is C15H13Br2Cl2NO. The predicted octanol–water partition coefficient (Wildman–Crippen LogP) is 6.53. The Morgan fingerprint density at radius 1 is 1.10 bits per heavy atom. The number of ether oxygens (including phenoxy) is 1. The molecule has 0 fully saturated rings. The Morgan fingerprint density at radius 3 is 2.52 bits per heavy atom. The fraction of sp³-hybridized carbons (Fsp3) is 0.200. The van der Waals surface area contributed by atoms with Gasteiger partial charge in [0, 0.05) is 16.0 Å². The molecule has 0 aliphatic carbocycles. The van der Waals surface area contributed by atoms with Crippen LogP contribution in [-0.4, -0.2) is 6.61 Å². The van der Waals surface area contributed by atoms with Gasteiger partial charge in [0.05, 0.1) is 21.8 Å². The van der Waals surface area contributed by atoms with Gasteiger partial charge in [-0.05, 0) is 68.6 Å². The molecule has 0 saturated heterocycles. The van der Waals surface area contributed by atoms with Crippen molar-refractivity contribution in [3.63, 3.8) is 0 Å². The van der Waals surface area contributed by atoms with Crippen LogP contribution < -0.4 is 10.1 Å². The van der Waals surface area contributed by atoms with E-state index >= 15 is 0 Å². The summed E-state index contributed by atoms with van der Waals surface area (Å²) in [6.07, 6.45) is 0. The molecule has 0 aliphatic heterocycles. The highest BCUT2D eigenvalue weighted by molar-refractivity contribution is 9.10. The van der Waals surface area contributed by atoms with Gasteiger partial charge in [0.25, 0.3) is 0 Å². The van der Waals surface area contributed by atoms with Gasteiger partial charge in [-0.1, -0.05) is 29.3 Å². The van der Waals surface area contributed by atoms with Crippen molar-refractivity contribution in [1.29, 1.82) is 0 Å². The fourth-order valence-corrected chi connectivity index (χ4v) is 3.20. The van der Waals surface area contributed by atoms with Crippen molar-refractivity contribution in [1.82, 2.24) is 0 Å². The molecule has 2 aromatic rings. The van der Waals surface area contributed by atoms with E-state index in [-0.39, 0.29) is 0 Å². The van der Waals surface area contributed by atoms with Gasteiger partial charge < -0.3 is 10.1 Å². The average Bonchev–Trinajstić information content (AvgIpc) is 2.43. The van der Waals surface area contributed by atoms with Crippen LogP contribution in [0.4, 0.5) is 5.69 Å². The molecule has 21 heavy (non-hydrogen) atoms. The van der Waals surface area contributed by atoms with Gasteiger partial charge in [-0.2, -0.15) is 0 Å². The monoisotopic (exact) mass is 451 g/mol. The topological polar surface area (TPSA) is 21.3 Å². The van der Waals surface area contributed by atoms with Gasteiger partial charge >= 0.3 is 0 Å². The number of hydrogen-bond donors (Lipinski definition) is 1. The minimum Gasteiger partial charge on any atom is -0.491 e. The third kappa shape index (κ3) is 4.52. The van der Waals surface area contributed by atoms with E-state index in [1.165, 1.54) is 0 Å². The quantitative estimate of drug-likeness (QED) is 0.555. The summed E-state index contributed by atoms with van der Waals surface area (Å²) in [6, 6.07) is 9.50. The lowest BCUT2D eigenvalue weighted by Crippen LogP contribution is -2.03. The highest BCUT2D eigenvalue weighted by atomic mass is 79.9. The first-order valence-electron chi connectivity index (χ1n) is 6.31. The Morgan fingerprint density at radius 2 is 1.86 bits per heavy atom. The Bertz CT molecular complexity index is 650. The van der Waals surface area contributed by atoms with E-state index in [0.29, 0.717) is 23.2 Å². The maximum Gasteiger partial charge on any atom is 0.156 e. The summed E-state index contributed by atoms with van der Waals surface area (Å²) >= 11 is 19.0. The Kier molecular flexibility index (Phi) is 6.23. The molecule has 2 aromatic carbocycles. The van der Waals surface area contributed by atoms with Gasteiger partial charge in [0.15, 0.2) is 5.75 Å². The first kappa shape index (κ1) is 16.9. The lowest BCUT2D eigenvalue weighted by atomic mass is 10.2. The van der Waals surface area contributed by atoms with E-state index in [9.17, 15) is 0 Å². The molecule has 2 rings (SSSR count). The maximum atomic E-state index is 6.10. The lowest BCUT2D eigenvalue weighted by molar-refractivity contribution is 0.339. The molecule has 0 unspecified atom stereocenters. The third-order valence-electron chi connectivity index (χ3n) is 2.76. The number of nitrogens with one attached hydrogen (secondary N) is 1. The molecule has 0 atom stereocenters. The van der Waals surface area contributed by atoms with Crippen molar-refractivity contribution in [2.45, 2.75) is 13.5 Å². The van der Waals surface area contributed by atoms with Crippen molar-refractivity contribution < 1.29 is 4.74 Å². The van der Waals surface area contributed by atoms with Crippen LogP contribution in [0.2, 0.25) is 10.0 Å². The van der Waals surface area contributed by atoms with Crippen LogP contribution in [0.15, 0.2) is 39.3 Å². The summed E-state index contributed by atoms with van der Waals surface area (Å²) in [6.45, 7) is 3.15. The van der Waals surface area contributed by atoms with E-state index in [1.54, 1.807) is 0 Å². The third-order valence-corrected chi connectivity index (χ3v) is 4.80. The smallest absolute Gasteiger partial charge is 0.156 e. The van der Waals surface area contributed by atoms with Crippen LogP contribution in [0.1, 0.15) is 12.5 Å². The zero-order valence-corrected chi connectivity index (χ0v) is 15.9. The molecule has 0 amide bonds. The number of anilines is 1. The van der Waals surface area contributed by atoms with Gasteiger partial charge in [-0.15, -0.1) is 0 Å². The van der Waals surface area contributed by atoms with Gasteiger partial charge in [0.2, 0.25) is 0 Å². The molecule has 0 spiro atoms. The van der Waals surface area contributed by atoms with Crippen LogP contribution in [0.25, 0.3) is 0 Å². The normalized spacial score (nSPS) is 10.5. The van der Waals surface area contributed by atoms with Crippen LogP contribution in [0.3, 0.4) is 0 Å². The number of benzene rings is 2. The highest BCUT2D eigenvalue weighted by Crippen LogP contribution is 2.37. The molecule has 0 aliphatic rings. The van der Waals surface area contributed by atoms with Crippen molar-refractivity contribution in [2.24, 2.45) is 0 Å². The predicted molar refractivity (Wildman–Crippen MR) is 96.8 cm³/mol. The summed E-state index contributed by atoms with van der Waals surface area (Å²) in [4.78, 5) is 0. The maximum absolute atomic E-state index is 6.10. The molecule has 1 N–H and O–H groups in total. The van der Waals surface area contributed by atoms with Crippen molar-refractivity contribution in [3.8, 4) is 5.75 Å². The SMILES string of the molecule is CCOc1c(Br)cc(Cl)cc1NCc1ccc(Br)c(Cl)c1. The van der Waals surface area contributed by atoms with Gasteiger partial charge in [0.1, 0.15) is 0 Å². The standard InChI is InChI=1S/C15H13Br2Cl2NO/c1-2-21-15-12(17)6-10(18)7-14(15)20-8-9-3-4-11(16)13(19)5-9/h3-7,20H,2,8H2,1H3. The van der Waals surface area contributed by atoms with Crippen LogP contribution in [-0.2, 0) is 6.54 Å². The Hall–Kier alpha value is -0.420. The van der Waals surface area contributed by atoms with Gasteiger partial charge in [-0.3, -0.25) is 0 Å². The largest absolute Gasteiger partial charge is 0.491 e. The van der Waals surface area contributed by atoms with Crippen LogP contribution in [0.5, 0.6) is 5.75 Å². The molecule has 0 radical (unpaired) electrons. The Labute approximate surface area is 151 Å². The molecule has 0 aromatic heterocycles. The molecule has 0 saturated carbocycles. The molecular weight excluding hydrogens is 441 g/mol. The minimum atomic E-state index is 0.582. The number of rotatable bonds is 5.